The van der Waals surface area contributed by atoms with Gasteiger partial charge in [-0.3, -0.25) is 4.57 Å². The van der Waals surface area contributed by atoms with E-state index in [0.29, 0.717) is 0 Å². The molecule has 0 fully saturated rings. The van der Waals surface area contributed by atoms with E-state index >= 15 is 0 Å². The molecule has 0 aromatic carbocycles. The maximum atomic E-state index is 11.1. The zero-order valence-electron chi connectivity index (χ0n) is 7.17. The summed E-state index contributed by atoms with van der Waals surface area (Å²) in [4.78, 5) is 9.10. The van der Waals surface area contributed by atoms with E-state index in [-0.39, 0.29) is 18.7 Å². The SMILES string of the molecule is CC(C)OP(=O)(O)CCC=NO. The van der Waals surface area contributed by atoms with Crippen LogP contribution in [0.25, 0.3) is 0 Å². The van der Waals surface area contributed by atoms with Crippen LogP contribution in [0.5, 0.6) is 0 Å². The zero-order chi connectivity index (χ0) is 9.61. The summed E-state index contributed by atoms with van der Waals surface area (Å²) in [6.07, 6.45) is 1.10. The average Bonchev–Trinajstić information content (AvgIpc) is 1.84. The monoisotopic (exact) mass is 195 g/mol. The van der Waals surface area contributed by atoms with E-state index in [1.807, 2.05) is 0 Å². The molecule has 0 spiro atoms. The second kappa shape index (κ2) is 5.30. The first-order valence-corrected chi connectivity index (χ1v) is 5.40. The van der Waals surface area contributed by atoms with E-state index in [1.165, 1.54) is 0 Å². The van der Waals surface area contributed by atoms with Gasteiger partial charge in [-0.15, -0.1) is 5.16 Å². The van der Waals surface area contributed by atoms with Crippen LogP contribution in [0.1, 0.15) is 20.3 Å². The molecule has 0 aromatic heterocycles. The summed E-state index contributed by atoms with van der Waals surface area (Å²) in [5.41, 5.74) is 0. The Kier molecular flexibility index (Phi) is 5.13. The van der Waals surface area contributed by atoms with E-state index in [9.17, 15) is 4.57 Å². The Morgan fingerprint density at radius 1 is 1.67 bits per heavy atom. The van der Waals surface area contributed by atoms with Crippen LogP contribution in [-0.4, -0.2) is 28.6 Å². The van der Waals surface area contributed by atoms with Crippen LogP contribution >= 0.6 is 7.60 Å². The molecule has 2 N–H and O–H groups in total. The van der Waals surface area contributed by atoms with Gasteiger partial charge < -0.3 is 14.6 Å². The lowest BCUT2D eigenvalue weighted by atomic mass is 10.5. The van der Waals surface area contributed by atoms with Crippen molar-refractivity contribution in [1.29, 1.82) is 0 Å². The molecule has 0 saturated heterocycles. The second-order valence-electron chi connectivity index (χ2n) is 2.60. The molecule has 0 radical (unpaired) electrons. The van der Waals surface area contributed by atoms with Gasteiger partial charge >= 0.3 is 7.60 Å². The Balaban J connectivity index is 3.79. The first-order chi connectivity index (χ1) is 5.48. The van der Waals surface area contributed by atoms with Gasteiger partial charge in [0.05, 0.1) is 12.3 Å². The molecule has 0 saturated carbocycles. The molecule has 0 aromatic rings. The Hall–Kier alpha value is -0.380. The lowest BCUT2D eigenvalue weighted by Crippen LogP contribution is -2.03. The van der Waals surface area contributed by atoms with Crippen LogP contribution in [0.4, 0.5) is 0 Å². The number of oxime groups is 1. The largest absolute Gasteiger partial charge is 0.411 e. The number of hydrogen-bond acceptors (Lipinski definition) is 4. The molecule has 12 heavy (non-hydrogen) atoms. The summed E-state index contributed by atoms with van der Waals surface area (Å²) in [5.74, 6) is 0. The predicted molar refractivity (Wildman–Crippen MR) is 45.8 cm³/mol. The third-order valence-electron chi connectivity index (χ3n) is 0.998. The van der Waals surface area contributed by atoms with Gasteiger partial charge in [-0.2, -0.15) is 0 Å². The van der Waals surface area contributed by atoms with E-state index in [2.05, 4.69) is 5.16 Å². The first-order valence-electron chi connectivity index (χ1n) is 3.64. The van der Waals surface area contributed by atoms with E-state index in [1.54, 1.807) is 13.8 Å². The fraction of sp³-hybridized carbons (Fsp3) is 0.833. The van der Waals surface area contributed by atoms with Gasteiger partial charge in [0.1, 0.15) is 0 Å². The van der Waals surface area contributed by atoms with Crippen molar-refractivity contribution in [2.75, 3.05) is 6.16 Å². The van der Waals surface area contributed by atoms with Crippen LogP contribution in [0.3, 0.4) is 0 Å². The fourth-order valence-electron chi connectivity index (χ4n) is 0.661. The van der Waals surface area contributed by atoms with Gasteiger partial charge in [-0.25, -0.2) is 0 Å². The van der Waals surface area contributed by atoms with Gasteiger partial charge in [-0.05, 0) is 20.3 Å². The molecule has 0 amide bonds. The van der Waals surface area contributed by atoms with Gasteiger partial charge in [0.15, 0.2) is 0 Å². The summed E-state index contributed by atoms with van der Waals surface area (Å²) < 4.78 is 15.8. The van der Waals surface area contributed by atoms with E-state index in [4.69, 9.17) is 14.6 Å². The topological polar surface area (TPSA) is 79.1 Å². The summed E-state index contributed by atoms with van der Waals surface area (Å²) >= 11 is 0. The first kappa shape index (κ1) is 11.6. The van der Waals surface area contributed by atoms with Crippen molar-refractivity contribution in [3.8, 4) is 0 Å². The Morgan fingerprint density at radius 3 is 2.67 bits per heavy atom. The summed E-state index contributed by atoms with van der Waals surface area (Å²) in [6, 6.07) is 0. The fourth-order valence-corrected chi connectivity index (χ4v) is 1.87. The highest BCUT2D eigenvalue weighted by atomic mass is 31.2. The Morgan fingerprint density at radius 2 is 2.25 bits per heavy atom. The molecule has 0 heterocycles. The van der Waals surface area contributed by atoms with Gasteiger partial charge in [0, 0.05) is 6.21 Å². The van der Waals surface area contributed by atoms with Gasteiger partial charge in [0.25, 0.3) is 0 Å². The quantitative estimate of drug-likeness (QED) is 0.301. The van der Waals surface area contributed by atoms with Crippen molar-refractivity contribution in [2.45, 2.75) is 26.4 Å². The van der Waals surface area contributed by atoms with E-state index < -0.39 is 7.60 Å². The third kappa shape index (κ3) is 6.34. The highest BCUT2D eigenvalue weighted by molar-refractivity contribution is 7.52. The molecule has 0 aliphatic carbocycles. The maximum Gasteiger partial charge on any atom is 0.328 e. The minimum atomic E-state index is -3.48. The minimum absolute atomic E-state index is 0.0186. The molecule has 72 valence electrons. The van der Waals surface area contributed by atoms with Crippen LogP contribution in [-0.2, 0) is 9.09 Å². The zero-order valence-corrected chi connectivity index (χ0v) is 8.07. The van der Waals surface area contributed by atoms with Crippen LogP contribution < -0.4 is 0 Å². The molecule has 1 atom stereocenters. The van der Waals surface area contributed by atoms with Crippen molar-refractivity contribution < 1.29 is 19.2 Å². The van der Waals surface area contributed by atoms with Gasteiger partial charge in [-0.1, -0.05) is 0 Å². The smallest absolute Gasteiger partial charge is 0.328 e. The molecule has 0 rings (SSSR count). The van der Waals surface area contributed by atoms with E-state index in [0.717, 1.165) is 6.21 Å². The number of rotatable bonds is 5. The van der Waals surface area contributed by atoms with Crippen molar-refractivity contribution in [3.63, 3.8) is 0 Å². The van der Waals surface area contributed by atoms with Crippen molar-refractivity contribution in [3.05, 3.63) is 0 Å². The molecular formula is C6H14NO4P. The average molecular weight is 195 g/mol. The normalized spacial score (nSPS) is 17.0. The van der Waals surface area contributed by atoms with Crippen LogP contribution in [0.2, 0.25) is 0 Å². The number of hydrogen-bond donors (Lipinski definition) is 2. The van der Waals surface area contributed by atoms with Gasteiger partial charge in [0.2, 0.25) is 0 Å². The molecule has 5 nitrogen and oxygen atoms in total. The molecule has 0 aliphatic rings. The van der Waals surface area contributed by atoms with Crippen molar-refractivity contribution in [2.24, 2.45) is 5.16 Å². The highest BCUT2D eigenvalue weighted by Gasteiger charge is 2.19. The summed E-state index contributed by atoms with van der Waals surface area (Å²) in [5, 5.41) is 10.7. The molecular weight excluding hydrogens is 181 g/mol. The Labute approximate surface area is 71.6 Å². The molecule has 6 heteroatoms. The van der Waals surface area contributed by atoms with Crippen molar-refractivity contribution in [1.82, 2.24) is 0 Å². The standard InChI is InChI=1S/C6H14NO4P/c1-6(2)11-12(9,10)5-3-4-7-8/h4,6,8H,3,5H2,1-2H3,(H,9,10). The summed E-state index contributed by atoms with van der Waals surface area (Å²) in [7, 11) is -3.48. The maximum absolute atomic E-state index is 11.1. The minimum Gasteiger partial charge on any atom is -0.411 e. The molecule has 0 aliphatic heterocycles. The molecule has 0 bridgehead atoms. The third-order valence-corrected chi connectivity index (χ3v) is 2.57. The van der Waals surface area contributed by atoms with Crippen LogP contribution in [0.15, 0.2) is 5.16 Å². The second-order valence-corrected chi connectivity index (χ2v) is 4.53. The lowest BCUT2D eigenvalue weighted by molar-refractivity contribution is 0.205. The summed E-state index contributed by atoms with van der Waals surface area (Å²) in [6.45, 7) is 3.37. The highest BCUT2D eigenvalue weighted by Crippen LogP contribution is 2.43. The molecule has 1 unspecified atom stereocenters. The lowest BCUT2D eigenvalue weighted by Gasteiger charge is -2.13. The number of nitrogens with zero attached hydrogens (tertiary/aromatic N) is 1. The van der Waals surface area contributed by atoms with Crippen molar-refractivity contribution >= 4 is 13.8 Å². The Bertz CT molecular complexity index is 192. The predicted octanol–water partition coefficient (Wildman–Crippen LogP) is 1.45. The van der Waals surface area contributed by atoms with Crippen LogP contribution in [0, 0.1) is 0 Å².